The second-order valence-corrected chi connectivity index (χ2v) is 6.58. The molecule has 0 aliphatic carbocycles. The number of ether oxygens (including phenoxy) is 1. The van der Waals surface area contributed by atoms with Crippen LogP contribution in [-0.2, 0) is 16.0 Å². The van der Waals surface area contributed by atoms with Crippen LogP contribution in [0.15, 0.2) is 36.4 Å². The zero-order chi connectivity index (χ0) is 22.9. The predicted molar refractivity (Wildman–Crippen MR) is 102 cm³/mol. The van der Waals surface area contributed by atoms with Crippen molar-refractivity contribution in [2.45, 2.75) is 19.1 Å². The number of nitrogens with two attached hydrogens (primary N) is 1. The monoisotopic (exact) mass is 426 g/mol. The molecule has 158 valence electrons. The zero-order valence-corrected chi connectivity index (χ0v) is 16.1. The van der Waals surface area contributed by atoms with Crippen LogP contribution in [0.5, 0.6) is 0 Å². The minimum Gasteiger partial charge on any atom is -0.365 e. The van der Waals surface area contributed by atoms with Crippen molar-refractivity contribution < 1.29 is 28.4 Å². The number of nitro benzene ring substituents is 1. The number of hydrogen-bond acceptors (Lipinski definition) is 7. The third-order valence-corrected chi connectivity index (χ3v) is 4.83. The first-order chi connectivity index (χ1) is 14.7. The highest BCUT2D eigenvalue weighted by Gasteiger charge is 2.55. The van der Waals surface area contributed by atoms with E-state index in [9.17, 15) is 28.9 Å². The highest BCUT2D eigenvalue weighted by Crippen LogP contribution is 2.36. The fourth-order valence-electron chi connectivity index (χ4n) is 3.49. The van der Waals surface area contributed by atoms with Crippen molar-refractivity contribution in [3.8, 4) is 6.07 Å². The van der Waals surface area contributed by atoms with E-state index in [-0.39, 0.29) is 23.3 Å². The van der Waals surface area contributed by atoms with E-state index in [0.29, 0.717) is 4.90 Å². The molecule has 31 heavy (non-hydrogen) atoms. The standard InChI is InChI=1S/C20H15FN4O6/c1-2-31-20(19(23)28,9-12-7-6-11(10-22)8-15(12)25(29)30)24-17(26)13-4-3-5-14(21)16(13)18(24)27/h3-8H,2,9H2,1H3,(H2,23,28). The lowest BCUT2D eigenvalue weighted by Crippen LogP contribution is -2.62. The molecule has 2 N–H and O–H groups in total. The van der Waals surface area contributed by atoms with Crippen LogP contribution in [0, 0.1) is 27.3 Å². The van der Waals surface area contributed by atoms with Crippen molar-refractivity contribution in [1.82, 2.24) is 4.90 Å². The number of amides is 3. The van der Waals surface area contributed by atoms with Crippen molar-refractivity contribution in [2.75, 3.05) is 6.61 Å². The topological polar surface area (TPSA) is 157 Å². The number of primary amides is 1. The Labute approximate surface area is 174 Å². The number of fused-ring (bicyclic) bond motifs is 1. The first kappa shape index (κ1) is 21.5. The van der Waals surface area contributed by atoms with Gasteiger partial charge in [-0.2, -0.15) is 5.26 Å². The van der Waals surface area contributed by atoms with Crippen LogP contribution >= 0.6 is 0 Å². The number of nitrogens with zero attached hydrogens (tertiary/aromatic N) is 3. The second kappa shape index (κ2) is 7.92. The average molecular weight is 426 g/mol. The molecule has 2 aromatic carbocycles. The van der Waals surface area contributed by atoms with Crippen LogP contribution in [0.25, 0.3) is 0 Å². The number of nitriles is 1. The van der Waals surface area contributed by atoms with Crippen molar-refractivity contribution >= 4 is 23.4 Å². The third kappa shape index (κ3) is 3.38. The molecule has 10 nitrogen and oxygen atoms in total. The van der Waals surface area contributed by atoms with Crippen LogP contribution in [-0.4, -0.2) is 39.9 Å². The Morgan fingerprint density at radius 3 is 2.58 bits per heavy atom. The van der Waals surface area contributed by atoms with Crippen LogP contribution in [0.4, 0.5) is 10.1 Å². The lowest BCUT2D eigenvalue weighted by atomic mass is 9.97. The van der Waals surface area contributed by atoms with Crippen molar-refractivity contribution in [3.63, 3.8) is 0 Å². The fourth-order valence-corrected chi connectivity index (χ4v) is 3.49. The van der Waals surface area contributed by atoms with Gasteiger partial charge in [0.1, 0.15) is 5.82 Å². The summed E-state index contributed by atoms with van der Waals surface area (Å²) >= 11 is 0. The van der Waals surface area contributed by atoms with E-state index in [0.717, 1.165) is 12.1 Å². The minimum absolute atomic E-state index is 0.0145. The van der Waals surface area contributed by atoms with Gasteiger partial charge in [-0.15, -0.1) is 0 Å². The Morgan fingerprint density at radius 1 is 1.32 bits per heavy atom. The van der Waals surface area contributed by atoms with Gasteiger partial charge in [0.25, 0.3) is 23.4 Å². The highest BCUT2D eigenvalue weighted by atomic mass is 19.1. The molecule has 2 aromatic rings. The molecule has 0 saturated heterocycles. The lowest BCUT2D eigenvalue weighted by Gasteiger charge is -2.37. The molecule has 0 saturated carbocycles. The van der Waals surface area contributed by atoms with E-state index in [1.165, 1.54) is 31.2 Å². The summed E-state index contributed by atoms with van der Waals surface area (Å²) in [4.78, 5) is 49.6. The Bertz CT molecular complexity index is 1170. The number of halogens is 1. The first-order valence-electron chi connectivity index (χ1n) is 8.96. The molecule has 11 heteroatoms. The average Bonchev–Trinajstić information content (AvgIpc) is 2.99. The smallest absolute Gasteiger partial charge is 0.274 e. The van der Waals surface area contributed by atoms with Crippen LogP contribution in [0.2, 0.25) is 0 Å². The summed E-state index contributed by atoms with van der Waals surface area (Å²) < 4.78 is 19.7. The fraction of sp³-hybridized carbons (Fsp3) is 0.200. The van der Waals surface area contributed by atoms with E-state index < -0.39 is 51.9 Å². The molecule has 3 rings (SSSR count). The van der Waals surface area contributed by atoms with Gasteiger partial charge < -0.3 is 10.5 Å². The number of carbonyl (C=O) groups is 3. The molecule has 1 aliphatic heterocycles. The minimum atomic E-state index is -2.46. The highest BCUT2D eigenvalue weighted by molar-refractivity contribution is 6.23. The molecule has 0 aromatic heterocycles. The predicted octanol–water partition coefficient (Wildman–Crippen LogP) is 1.66. The summed E-state index contributed by atoms with van der Waals surface area (Å²) in [5.74, 6) is -4.43. The van der Waals surface area contributed by atoms with E-state index in [4.69, 9.17) is 15.7 Å². The molecule has 1 atom stereocenters. The maximum absolute atomic E-state index is 14.3. The van der Waals surface area contributed by atoms with Gasteiger partial charge in [-0.1, -0.05) is 12.1 Å². The SMILES string of the molecule is CCOC(Cc1ccc(C#N)cc1[N+](=O)[O-])(C(N)=O)N1C(=O)c2cccc(F)c2C1=O. The number of rotatable bonds is 7. The van der Waals surface area contributed by atoms with Gasteiger partial charge >= 0.3 is 0 Å². The summed E-state index contributed by atoms with van der Waals surface area (Å²) in [6.45, 7) is 1.26. The van der Waals surface area contributed by atoms with Gasteiger partial charge in [0, 0.05) is 24.7 Å². The number of carbonyl (C=O) groups excluding carboxylic acids is 3. The van der Waals surface area contributed by atoms with Gasteiger partial charge in [-0.3, -0.25) is 24.5 Å². The zero-order valence-electron chi connectivity index (χ0n) is 16.1. The van der Waals surface area contributed by atoms with E-state index in [2.05, 4.69) is 0 Å². The van der Waals surface area contributed by atoms with Gasteiger partial charge in [-0.25, -0.2) is 9.29 Å². The molecular formula is C20H15FN4O6. The molecule has 1 unspecified atom stereocenters. The van der Waals surface area contributed by atoms with E-state index in [1.54, 1.807) is 6.07 Å². The summed E-state index contributed by atoms with van der Waals surface area (Å²) in [5, 5.41) is 20.5. The maximum atomic E-state index is 14.3. The maximum Gasteiger partial charge on any atom is 0.274 e. The Hall–Kier alpha value is -4.17. The molecule has 0 radical (unpaired) electrons. The summed E-state index contributed by atoms with van der Waals surface area (Å²) in [6, 6.07) is 8.62. The number of imide groups is 1. The van der Waals surface area contributed by atoms with Crippen LogP contribution < -0.4 is 5.73 Å². The molecule has 3 amide bonds. The van der Waals surface area contributed by atoms with Gasteiger partial charge in [0.15, 0.2) is 0 Å². The molecule has 0 fully saturated rings. The second-order valence-electron chi connectivity index (χ2n) is 6.58. The Morgan fingerprint density at radius 2 is 2.03 bits per heavy atom. The van der Waals surface area contributed by atoms with Crippen molar-refractivity contribution in [3.05, 3.63) is 74.6 Å². The number of hydrogen-bond donors (Lipinski definition) is 1. The molecule has 1 aliphatic rings. The van der Waals surface area contributed by atoms with Gasteiger partial charge in [0.05, 0.1) is 27.7 Å². The quantitative estimate of drug-likeness (QED) is 0.401. The first-order valence-corrected chi connectivity index (χ1v) is 8.96. The molecule has 0 spiro atoms. The van der Waals surface area contributed by atoms with Gasteiger partial charge in [-0.05, 0) is 25.1 Å². The largest absolute Gasteiger partial charge is 0.365 e. The Balaban J connectivity index is 2.20. The molecular weight excluding hydrogens is 411 g/mol. The normalized spacial score (nSPS) is 14.7. The van der Waals surface area contributed by atoms with Crippen molar-refractivity contribution in [2.24, 2.45) is 5.73 Å². The summed E-state index contributed by atoms with van der Waals surface area (Å²) in [7, 11) is 0. The number of nitro groups is 1. The van der Waals surface area contributed by atoms with E-state index in [1.807, 2.05) is 0 Å². The van der Waals surface area contributed by atoms with Crippen LogP contribution in [0.3, 0.4) is 0 Å². The molecule has 0 bridgehead atoms. The number of benzene rings is 2. The van der Waals surface area contributed by atoms with E-state index >= 15 is 0 Å². The Kier molecular flexibility index (Phi) is 5.51. The molecule has 1 heterocycles. The van der Waals surface area contributed by atoms with Gasteiger partial charge in [0.2, 0.25) is 5.72 Å². The summed E-state index contributed by atoms with van der Waals surface area (Å²) in [6.07, 6.45) is -0.675. The van der Waals surface area contributed by atoms with Crippen LogP contribution in [0.1, 0.15) is 38.8 Å². The van der Waals surface area contributed by atoms with Crippen molar-refractivity contribution in [1.29, 1.82) is 5.26 Å². The third-order valence-electron chi connectivity index (χ3n) is 4.83. The summed E-state index contributed by atoms with van der Waals surface area (Å²) in [5.41, 5.74) is 1.57. The lowest BCUT2D eigenvalue weighted by molar-refractivity contribution is -0.385.